The van der Waals surface area contributed by atoms with Gasteiger partial charge in [-0.15, -0.1) is 5.10 Å². The van der Waals surface area contributed by atoms with Crippen molar-refractivity contribution in [2.24, 2.45) is 0 Å². The smallest absolute Gasteiger partial charge is 0.358 e. The van der Waals surface area contributed by atoms with Crippen LogP contribution in [0.1, 0.15) is 16.1 Å². The van der Waals surface area contributed by atoms with Crippen LogP contribution in [-0.4, -0.2) is 30.6 Å². The van der Waals surface area contributed by atoms with Gasteiger partial charge in [0.25, 0.3) is 0 Å². The quantitative estimate of drug-likeness (QED) is 0.781. The third kappa shape index (κ3) is 2.34. The van der Waals surface area contributed by atoms with E-state index < -0.39 is 5.97 Å². The van der Waals surface area contributed by atoms with Crippen molar-refractivity contribution in [2.75, 3.05) is 0 Å². The van der Waals surface area contributed by atoms with Gasteiger partial charge in [0.2, 0.25) is 0 Å². The number of carbonyl (C=O) groups is 1. The average molecular weight is 281 g/mol. The fourth-order valence-electron chi connectivity index (χ4n) is 2.23. The first-order chi connectivity index (χ1) is 10.2. The number of carboxylic acid groups (broad SMARTS) is 1. The second-order valence-corrected chi connectivity index (χ2v) is 4.53. The van der Waals surface area contributed by atoms with E-state index in [0.29, 0.717) is 18.7 Å². The highest BCUT2D eigenvalue weighted by Gasteiger charge is 2.09. The van der Waals surface area contributed by atoms with Crippen LogP contribution in [0.4, 0.5) is 0 Å². The van der Waals surface area contributed by atoms with Gasteiger partial charge >= 0.3 is 5.97 Å². The second kappa shape index (κ2) is 5.09. The van der Waals surface area contributed by atoms with Crippen LogP contribution in [0.2, 0.25) is 0 Å². The van der Waals surface area contributed by atoms with Gasteiger partial charge in [-0.05, 0) is 18.2 Å². The Balaban J connectivity index is 1.82. The highest BCUT2D eigenvalue weighted by Crippen LogP contribution is 2.19. The van der Waals surface area contributed by atoms with E-state index in [4.69, 9.17) is 10.4 Å². The SMILES string of the molecule is N#Cc1cccc2c1ccn2CCn1cc(C(=O)O)nn1. The molecule has 7 nitrogen and oxygen atoms in total. The standard InChI is InChI=1S/C14H11N5O2/c15-8-10-2-1-3-13-11(10)4-5-18(13)6-7-19-9-12(14(20)21)16-17-19/h1-5,9H,6-7H2,(H,20,21). The van der Waals surface area contributed by atoms with Gasteiger partial charge in [0.15, 0.2) is 5.69 Å². The summed E-state index contributed by atoms with van der Waals surface area (Å²) in [6.07, 6.45) is 3.30. The zero-order valence-electron chi connectivity index (χ0n) is 11.0. The molecule has 3 aromatic rings. The Labute approximate surface area is 119 Å². The molecule has 21 heavy (non-hydrogen) atoms. The summed E-state index contributed by atoms with van der Waals surface area (Å²) in [6, 6.07) is 9.64. The lowest BCUT2D eigenvalue weighted by Gasteiger charge is -2.05. The zero-order valence-corrected chi connectivity index (χ0v) is 11.0. The molecule has 0 unspecified atom stereocenters. The Kier molecular flexibility index (Phi) is 3.12. The minimum absolute atomic E-state index is 0.0702. The molecule has 0 aliphatic carbocycles. The van der Waals surface area contributed by atoms with E-state index >= 15 is 0 Å². The molecule has 2 aromatic heterocycles. The van der Waals surface area contributed by atoms with Gasteiger partial charge in [0.1, 0.15) is 0 Å². The van der Waals surface area contributed by atoms with Crippen LogP contribution in [0.15, 0.2) is 36.7 Å². The summed E-state index contributed by atoms with van der Waals surface area (Å²) in [7, 11) is 0. The topological polar surface area (TPSA) is 96.7 Å². The Morgan fingerprint density at radius 2 is 2.19 bits per heavy atom. The Bertz CT molecular complexity index is 856. The van der Waals surface area contributed by atoms with Gasteiger partial charge in [-0.1, -0.05) is 11.3 Å². The molecule has 0 aliphatic heterocycles. The highest BCUT2D eigenvalue weighted by molar-refractivity contribution is 5.86. The van der Waals surface area contributed by atoms with Gasteiger partial charge in [-0.3, -0.25) is 0 Å². The summed E-state index contributed by atoms with van der Waals surface area (Å²) >= 11 is 0. The molecule has 1 aromatic carbocycles. The van der Waals surface area contributed by atoms with E-state index in [9.17, 15) is 4.79 Å². The molecule has 7 heteroatoms. The number of aromatic carboxylic acids is 1. The highest BCUT2D eigenvalue weighted by atomic mass is 16.4. The largest absolute Gasteiger partial charge is 0.476 e. The van der Waals surface area contributed by atoms with E-state index in [1.54, 1.807) is 6.07 Å². The number of aryl methyl sites for hydroxylation is 2. The third-order valence-electron chi connectivity index (χ3n) is 3.26. The van der Waals surface area contributed by atoms with E-state index in [1.165, 1.54) is 10.9 Å². The average Bonchev–Trinajstić information content (AvgIpc) is 3.11. The maximum atomic E-state index is 10.7. The van der Waals surface area contributed by atoms with Crippen molar-refractivity contribution >= 4 is 16.9 Å². The van der Waals surface area contributed by atoms with Crippen molar-refractivity contribution in [1.82, 2.24) is 19.6 Å². The molecule has 0 saturated heterocycles. The van der Waals surface area contributed by atoms with Crippen molar-refractivity contribution in [3.8, 4) is 6.07 Å². The van der Waals surface area contributed by atoms with E-state index in [-0.39, 0.29) is 5.69 Å². The molecule has 0 aliphatic rings. The van der Waals surface area contributed by atoms with Crippen molar-refractivity contribution in [2.45, 2.75) is 13.1 Å². The molecule has 0 radical (unpaired) electrons. The molecular formula is C14H11N5O2. The fraction of sp³-hybridized carbons (Fsp3) is 0.143. The Hall–Kier alpha value is -3.14. The predicted molar refractivity (Wildman–Crippen MR) is 73.6 cm³/mol. The molecule has 0 fully saturated rings. The number of fused-ring (bicyclic) bond motifs is 1. The number of nitriles is 1. The van der Waals surface area contributed by atoms with Crippen molar-refractivity contribution < 1.29 is 9.90 Å². The Morgan fingerprint density at radius 1 is 1.33 bits per heavy atom. The van der Waals surface area contributed by atoms with Crippen LogP contribution in [0.5, 0.6) is 0 Å². The number of nitrogens with zero attached hydrogens (tertiary/aromatic N) is 5. The summed E-state index contributed by atoms with van der Waals surface area (Å²) < 4.78 is 3.49. The molecule has 1 N–H and O–H groups in total. The van der Waals surface area contributed by atoms with Gasteiger partial charge in [0, 0.05) is 23.6 Å². The molecule has 0 saturated carbocycles. The lowest BCUT2D eigenvalue weighted by molar-refractivity contribution is 0.0690. The monoisotopic (exact) mass is 281 g/mol. The summed E-state index contributed by atoms with van der Waals surface area (Å²) in [5.41, 5.74) is 1.53. The number of rotatable bonds is 4. The predicted octanol–water partition coefficient (Wildman–Crippen LogP) is 1.50. The second-order valence-electron chi connectivity index (χ2n) is 4.53. The minimum Gasteiger partial charge on any atom is -0.476 e. The van der Waals surface area contributed by atoms with E-state index in [1.807, 2.05) is 29.0 Å². The normalized spacial score (nSPS) is 10.6. The molecular weight excluding hydrogens is 270 g/mol. The van der Waals surface area contributed by atoms with E-state index in [2.05, 4.69) is 16.4 Å². The van der Waals surface area contributed by atoms with Gasteiger partial charge < -0.3 is 9.67 Å². The van der Waals surface area contributed by atoms with Crippen LogP contribution in [0.3, 0.4) is 0 Å². The van der Waals surface area contributed by atoms with E-state index in [0.717, 1.165) is 10.9 Å². The van der Waals surface area contributed by atoms with Crippen molar-refractivity contribution in [3.63, 3.8) is 0 Å². The van der Waals surface area contributed by atoms with Gasteiger partial charge in [0.05, 0.1) is 24.4 Å². The van der Waals surface area contributed by atoms with Crippen LogP contribution in [-0.2, 0) is 13.1 Å². The number of hydrogen-bond donors (Lipinski definition) is 1. The first-order valence-corrected chi connectivity index (χ1v) is 6.30. The third-order valence-corrected chi connectivity index (χ3v) is 3.26. The van der Waals surface area contributed by atoms with Crippen LogP contribution >= 0.6 is 0 Å². The Morgan fingerprint density at radius 3 is 2.90 bits per heavy atom. The number of hydrogen-bond acceptors (Lipinski definition) is 4. The number of benzene rings is 1. The summed E-state index contributed by atoms with van der Waals surface area (Å²) in [5, 5.41) is 26.1. The molecule has 0 spiro atoms. The first kappa shape index (κ1) is 12.9. The maximum absolute atomic E-state index is 10.7. The molecule has 0 bridgehead atoms. The zero-order chi connectivity index (χ0) is 14.8. The molecule has 2 heterocycles. The van der Waals surface area contributed by atoms with Crippen LogP contribution in [0.25, 0.3) is 10.9 Å². The molecule has 0 amide bonds. The van der Waals surface area contributed by atoms with Gasteiger partial charge in [-0.2, -0.15) is 5.26 Å². The van der Waals surface area contributed by atoms with Crippen LogP contribution < -0.4 is 0 Å². The summed E-state index contributed by atoms with van der Waals surface area (Å²) in [4.78, 5) is 10.7. The lowest BCUT2D eigenvalue weighted by atomic mass is 10.1. The number of aromatic nitrogens is 4. The lowest BCUT2D eigenvalue weighted by Crippen LogP contribution is -2.07. The number of carboxylic acids is 1. The maximum Gasteiger partial charge on any atom is 0.358 e. The molecule has 0 atom stereocenters. The summed E-state index contributed by atoms with van der Waals surface area (Å²) in [6.45, 7) is 1.11. The first-order valence-electron chi connectivity index (χ1n) is 6.30. The molecule has 3 rings (SSSR count). The minimum atomic E-state index is -1.09. The van der Waals surface area contributed by atoms with Gasteiger partial charge in [-0.25, -0.2) is 9.48 Å². The van der Waals surface area contributed by atoms with Crippen LogP contribution in [0, 0.1) is 11.3 Å². The van der Waals surface area contributed by atoms with Crippen molar-refractivity contribution in [3.05, 3.63) is 47.9 Å². The summed E-state index contributed by atoms with van der Waals surface area (Å²) in [5.74, 6) is -1.09. The molecule has 104 valence electrons. The van der Waals surface area contributed by atoms with Crippen molar-refractivity contribution in [1.29, 1.82) is 5.26 Å². The fourth-order valence-corrected chi connectivity index (χ4v) is 2.23.